The van der Waals surface area contributed by atoms with E-state index in [1.165, 1.54) is 18.3 Å². The quantitative estimate of drug-likeness (QED) is 0.289. The number of aromatic nitrogens is 2. The van der Waals surface area contributed by atoms with E-state index in [0.717, 1.165) is 5.56 Å². The van der Waals surface area contributed by atoms with Crippen LogP contribution in [0.2, 0.25) is 0 Å². The van der Waals surface area contributed by atoms with Gasteiger partial charge in [-0.05, 0) is 59.5 Å². The molecule has 0 aliphatic carbocycles. The number of ether oxygens (including phenoxy) is 1. The van der Waals surface area contributed by atoms with Crippen LogP contribution >= 0.6 is 0 Å². The van der Waals surface area contributed by atoms with E-state index in [-0.39, 0.29) is 34.1 Å². The zero-order valence-corrected chi connectivity index (χ0v) is 23.7. The molecule has 3 aromatic carbocycles. The second kappa shape index (κ2) is 12.0. The first-order chi connectivity index (χ1) is 20.1. The second-order valence-electron chi connectivity index (χ2n) is 11.0. The van der Waals surface area contributed by atoms with Gasteiger partial charge in [-0.1, -0.05) is 39.0 Å². The topological polar surface area (TPSA) is 116 Å². The van der Waals surface area contributed by atoms with Crippen molar-refractivity contribution < 1.29 is 18.7 Å². The Morgan fingerprint density at radius 1 is 0.952 bits per heavy atom. The summed E-state index contributed by atoms with van der Waals surface area (Å²) in [5, 5.41) is 5.57. The first-order valence-electron chi connectivity index (χ1n) is 13.6. The maximum absolute atomic E-state index is 15.6. The zero-order chi connectivity index (χ0) is 29.9. The maximum Gasteiger partial charge on any atom is 0.291 e. The van der Waals surface area contributed by atoms with Crippen molar-refractivity contribution in [2.45, 2.75) is 26.2 Å². The van der Waals surface area contributed by atoms with Crippen molar-refractivity contribution in [1.29, 1.82) is 0 Å². The van der Waals surface area contributed by atoms with Crippen LogP contribution in [0.15, 0.2) is 77.7 Å². The molecule has 0 saturated carbocycles. The molecule has 9 nitrogen and oxygen atoms in total. The number of hydrogen-bond acceptors (Lipinski definition) is 6. The van der Waals surface area contributed by atoms with Crippen LogP contribution in [0.4, 0.5) is 21.6 Å². The van der Waals surface area contributed by atoms with Gasteiger partial charge in [0, 0.05) is 41.7 Å². The number of nitrogens with one attached hydrogen (secondary N) is 3. The highest BCUT2D eigenvalue weighted by Gasteiger charge is 2.20. The van der Waals surface area contributed by atoms with Gasteiger partial charge in [0.25, 0.3) is 17.4 Å². The highest BCUT2D eigenvalue weighted by atomic mass is 19.1. The number of amides is 2. The van der Waals surface area contributed by atoms with Crippen LogP contribution in [-0.4, -0.2) is 53.0 Å². The fourth-order valence-corrected chi connectivity index (χ4v) is 4.55. The summed E-state index contributed by atoms with van der Waals surface area (Å²) in [6, 6.07) is 18.4. The smallest absolute Gasteiger partial charge is 0.291 e. The molecule has 1 saturated heterocycles. The average molecular weight is 570 g/mol. The molecule has 1 aliphatic rings. The van der Waals surface area contributed by atoms with Gasteiger partial charge in [-0.25, -0.2) is 9.37 Å². The molecule has 5 rings (SSSR count). The molecule has 10 heteroatoms. The van der Waals surface area contributed by atoms with Crippen molar-refractivity contribution in [2.24, 2.45) is 0 Å². The molecule has 2 amide bonds. The average Bonchev–Trinajstić information content (AvgIpc) is 2.99. The molecule has 2 heterocycles. The highest BCUT2D eigenvalue weighted by Crippen LogP contribution is 2.28. The van der Waals surface area contributed by atoms with E-state index >= 15 is 4.39 Å². The summed E-state index contributed by atoms with van der Waals surface area (Å²) < 4.78 is 20.9. The van der Waals surface area contributed by atoms with Crippen LogP contribution in [-0.2, 0) is 10.2 Å². The van der Waals surface area contributed by atoms with E-state index in [0.29, 0.717) is 43.1 Å². The van der Waals surface area contributed by atoms with Gasteiger partial charge in [-0.15, -0.1) is 0 Å². The minimum Gasteiger partial charge on any atom is -0.378 e. The van der Waals surface area contributed by atoms with Gasteiger partial charge < -0.3 is 25.3 Å². The molecule has 0 atom stereocenters. The molecule has 42 heavy (non-hydrogen) atoms. The van der Waals surface area contributed by atoms with Crippen molar-refractivity contribution in [1.82, 2.24) is 14.9 Å². The third-order valence-electron chi connectivity index (χ3n) is 7.02. The third kappa shape index (κ3) is 6.39. The number of H-pyrrole nitrogens is 1. The minimum atomic E-state index is -0.686. The third-order valence-corrected chi connectivity index (χ3v) is 7.02. The molecular weight excluding hydrogens is 537 g/mol. The van der Waals surface area contributed by atoms with E-state index in [4.69, 9.17) is 4.74 Å². The first kappa shape index (κ1) is 28.7. The number of carbonyl (C=O) groups is 2. The lowest BCUT2D eigenvalue weighted by molar-refractivity contribution is 0.0303. The van der Waals surface area contributed by atoms with Gasteiger partial charge in [0.1, 0.15) is 0 Å². The van der Waals surface area contributed by atoms with Crippen LogP contribution < -0.4 is 16.2 Å². The number of benzene rings is 3. The number of carbonyl (C=O) groups excluding carboxylic acids is 2. The summed E-state index contributed by atoms with van der Waals surface area (Å²) >= 11 is 0. The van der Waals surface area contributed by atoms with Gasteiger partial charge in [-0.3, -0.25) is 14.4 Å². The largest absolute Gasteiger partial charge is 0.378 e. The number of anilines is 3. The number of rotatable bonds is 6. The number of hydrogen-bond donors (Lipinski definition) is 3. The summed E-state index contributed by atoms with van der Waals surface area (Å²) in [5.41, 5.74) is 2.22. The summed E-state index contributed by atoms with van der Waals surface area (Å²) in [4.78, 5) is 46.7. The van der Waals surface area contributed by atoms with Crippen molar-refractivity contribution in [3.8, 4) is 11.3 Å². The molecule has 0 unspecified atom stereocenters. The normalized spacial score (nSPS) is 13.5. The maximum atomic E-state index is 15.6. The fourth-order valence-electron chi connectivity index (χ4n) is 4.55. The summed E-state index contributed by atoms with van der Waals surface area (Å²) in [6.07, 6.45) is 1.31. The van der Waals surface area contributed by atoms with E-state index in [2.05, 4.69) is 41.4 Å². The van der Waals surface area contributed by atoms with Crippen molar-refractivity contribution in [3.05, 3.63) is 106 Å². The van der Waals surface area contributed by atoms with Gasteiger partial charge in [-0.2, -0.15) is 0 Å². The lowest BCUT2D eigenvalue weighted by Crippen LogP contribution is -2.40. The molecule has 216 valence electrons. The van der Waals surface area contributed by atoms with Gasteiger partial charge >= 0.3 is 0 Å². The number of morpholine rings is 1. The lowest BCUT2D eigenvalue weighted by Gasteiger charge is -2.26. The van der Waals surface area contributed by atoms with E-state index in [9.17, 15) is 14.4 Å². The molecule has 0 bridgehead atoms. The number of nitrogens with zero attached hydrogens (tertiary/aromatic N) is 2. The van der Waals surface area contributed by atoms with Crippen molar-refractivity contribution >= 4 is 29.0 Å². The Morgan fingerprint density at radius 3 is 2.29 bits per heavy atom. The Hall–Kier alpha value is -4.83. The van der Waals surface area contributed by atoms with Gasteiger partial charge in [0.15, 0.2) is 11.6 Å². The lowest BCUT2D eigenvalue weighted by atomic mass is 9.87. The van der Waals surface area contributed by atoms with Crippen LogP contribution in [0.25, 0.3) is 11.3 Å². The highest BCUT2D eigenvalue weighted by molar-refractivity contribution is 6.04. The molecule has 0 spiro atoms. The molecule has 1 fully saturated rings. The molecule has 1 aliphatic heterocycles. The molecule has 3 N–H and O–H groups in total. The number of halogens is 1. The second-order valence-corrected chi connectivity index (χ2v) is 11.0. The SMILES string of the molecule is CC(C)(C)c1ccc(C(=O)Nc2cccc(-c3c[nH]c(=O)c(Nc4ccc(C(=O)N5CCOCC5)cc4)n3)c2F)cc1. The Morgan fingerprint density at radius 2 is 1.62 bits per heavy atom. The predicted molar refractivity (Wildman–Crippen MR) is 160 cm³/mol. The molecule has 1 aromatic heterocycles. The minimum absolute atomic E-state index is 0.0135. The summed E-state index contributed by atoms with van der Waals surface area (Å²) in [6.45, 7) is 8.35. The van der Waals surface area contributed by atoms with Crippen LogP contribution in [0, 0.1) is 5.82 Å². The molecule has 4 aromatic rings. The zero-order valence-electron chi connectivity index (χ0n) is 23.7. The van der Waals surface area contributed by atoms with Crippen molar-refractivity contribution in [3.63, 3.8) is 0 Å². The Labute approximate surface area is 242 Å². The van der Waals surface area contributed by atoms with E-state index < -0.39 is 17.3 Å². The fraction of sp³-hybridized carbons (Fsp3) is 0.250. The van der Waals surface area contributed by atoms with Crippen LogP contribution in [0.3, 0.4) is 0 Å². The van der Waals surface area contributed by atoms with E-state index in [1.807, 2.05) is 12.1 Å². The van der Waals surface area contributed by atoms with Crippen molar-refractivity contribution in [2.75, 3.05) is 36.9 Å². The monoisotopic (exact) mass is 569 g/mol. The molecule has 0 radical (unpaired) electrons. The Kier molecular flexibility index (Phi) is 8.17. The first-order valence-corrected chi connectivity index (χ1v) is 13.6. The number of aromatic amines is 1. The predicted octanol–water partition coefficient (Wildman–Crippen LogP) is 5.34. The summed E-state index contributed by atoms with van der Waals surface area (Å²) in [7, 11) is 0. The van der Waals surface area contributed by atoms with E-state index in [1.54, 1.807) is 47.4 Å². The van der Waals surface area contributed by atoms with Crippen LogP contribution in [0.5, 0.6) is 0 Å². The van der Waals surface area contributed by atoms with Gasteiger partial charge in [0.05, 0.1) is 24.6 Å². The van der Waals surface area contributed by atoms with Crippen LogP contribution in [0.1, 0.15) is 47.1 Å². The standard InChI is InChI=1S/C32H32FN5O4/c1-32(2,3)22-11-7-20(8-12-22)29(39)37-25-6-4-5-24(27(25)33)26-19-34-30(40)28(36-26)35-23-13-9-21(10-14-23)31(41)38-15-17-42-18-16-38/h4-14,19H,15-18H2,1-3H3,(H,34,40)(H,35,36)(H,37,39). The van der Waals surface area contributed by atoms with Gasteiger partial charge in [0.2, 0.25) is 0 Å². The Balaban J connectivity index is 1.32. The summed E-state index contributed by atoms with van der Waals surface area (Å²) in [5.74, 6) is -1.27. The Bertz CT molecular complexity index is 1650. The molecular formula is C32H32FN5O4.